The predicted octanol–water partition coefficient (Wildman–Crippen LogP) is 3.45. The van der Waals surface area contributed by atoms with Crippen molar-refractivity contribution in [1.82, 2.24) is 19.7 Å². The van der Waals surface area contributed by atoms with Gasteiger partial charge >= 0.3 is 0 Å². The van der Waals surface area contributed by atoms with E-state index in [1.165, 1.54) is 11.3 Å². The molecule has 0 aliphatic rings. The highest BCUT2D eigenvalue weighted by Crippen LogP contribution is 2.23. The van der Waals surface area contributed by atoms with E-state index in [0.717, 1.165) is 27.2 Å². The number of aryl methyl sites for hydroxylation is 2. The molecule has 0 radical (unpaired) electrons. The lowest BCUT2D eigenvalue weighted by molar-refractivity contribution is 0.102. The predicted molar refractivity (Wildman–Crippen MR) is 107 cm³/mol. The van der Waals surface area contributed by atoms with Crippen LogP contribution in [0.25, 0.3) is 11.0 Å². The van der Waals surface area contributed by atoms with Gasteiger partial charge in [-0.1, -0.05) is 12.1 Å². The summed E-state index contributed by atoms with van der Waals surface area (Å²) in [6, 6.07) is 11.3. The zero-order valence-electron chi connectivity index (χ0n) is 15.3. The average molecular weight is 388 g/mol. The van der Waals surface area contributed by atoms with Crippen molar-refractivity contribution in [1.29, 1.82) is 5.26 Å². The summed E-state index contributed by atoms with van der Waals surface area (Å²) >= 11 is 1.43. The number of anilines is 1. The number of fused-ring (bicyclic) bond motifs is 1. The number of hydrogen-bond donors (Lipinski definition) is 1. The van der Waals surface area contributed by atoms with Crippen molar-refractivity contribution >= 4 is 33.4 Å². The summed E-state index contributed by atoms with van der Waals surface area (Å²) in [6.45, 7) is 1.89. The highest BCUT2D eigenvalue weighted by atomic mass is 32.1. The van der Waals surface area contributed by atoms with Crippen molar-refractivity contribution < 1.29 is 4.79 Å². The van der Waals surface area contributed by atoms with E-state index >= 15 is 0 Å². The quantitative estimate of drug-likeness (QED) is 0.578. The van der Waals surface area contributed by atoms with E-state index in [1.807, 2.05) is 26.1 Å². The Kier molecular flexibility index (Phi) is 4.59. The van der Waals surface area contributed by atoms with E-state index in [2.05, 4.69) is 26.5 Å². The highest BCUT2D eigenvalue weighted by molar-refractivity contribution is 7.15. The zero-order chi connectivity index (χ0) is 19.7. The van der Waals surface area contributed by atoms with Gasteiger partial charge < -0.3 is 0 Å². The topological polar surface area (TPSA) is 96.5 Å². The first-order valence-corrected chi connectivity index (χ1v) is 9.39. The molecule has 1 N–H and O–H groups in total. The number of benzene rings is 1. The van der Waals surface area contributed by atoms with Gasteiger partial charge in [-0.15, -0.1) is 11.3 Å². The molecule has 0 unspecified atom stereocenters. The van der Waals surface area contributed by atoms with Crippen LogP contribution in [0.4, 0.5) is 5.13 Å². The van der Waals surface area contributed by atoms with Gasteiger partial charge in [0.05, 0.1) is 22.9 Å². The van der Waals surface area contributed by atoms with Crippen LogP contribution in [0.2, 0.25) is 0 Å². The Balaban J connectivity index is 1.48. The molecule has 7 nitrogen and oxygen atoms in total. The lowest BCUT2D eigenvalue weighted by Crippen LogP contribution is -2.12. The molecule has 0 saturated carbocycles. The summed E-state index contributed by atoms with van der Waals surface area (Å²) in [5, 5.41) is 17.4. The first kappa shape index (κ1) is 17.8. The first-order chi connectivity index (χ1) is 13.5. The normalized spacial score (nSPS) is 10.8. The molecule has 28 heavy (non-hydrogen) atoms. The van der Waals surface area contributed by atoms with Crippen LogP contribution in [0.3, 0.4) is 0 Å². The fourth-order valence-electron chi connectivity index (χ4n) is 2.95. The lowest BCUT2D eigenvalue weighted by atomic mass is 10.1. The second-order valence-corrected chi connectivity index (χ2v) is 7.49. The van der Waals surface area contributed by atoms with Gasteiger partial charge in [-0.25, -0.2) is 9.97 Å². The van der Waals surface area contributed by atoms with Gasteiger partial charge in [-0.05, 0) is 30.7 Å². The molecule has 0 bridgehead atoms. The minimum absolute atomic E-state index is 0.253. The number of nitrogens with zero attached hydrogens (tertiary/aromatic N) is 5. The van der Waals surface area contributed by atoms with E-state index < -0.39 is 0 Å². The maximum atomic E-state index is 12.6. The number of nitrogens with one attached hydrogen (secondary N) is 1. The number of carbonyl (C=O) groups is 1. The van der Waals surface area contributed by atoms with E-state index in [4.69, 9.17) is 5.26 Å². The molecule has 0 spiro atoms. The summed E-state index contributed by atoms with van der Waals surface area (Å²) in [6.07, 6.45) is 4.00. The third-order valence-electron chi connectivity index (χ3n) is 4.36. The highest BCUT2D eigenvalue weighted by Gasteiger charge is 2.13. The van der Waals surface area contributed by atoms with Crippen molar-refractivity contribution in [2.45, 2.75) is 13.3 Å². The van der Waals surface area contributed by atoms with Crippen LogP contribution in [0.15, 0.2) is 42.7 Å². The van der Waals surface area contributed by atoms with Gasteiger partial charge in [0.15, 0.2) is 10.8 Å². The molecule has 0 saturated heterocycles. The second-order valence-electron chi connectivity index (χ2n) is 6.38. The summed E-state index contributed by atoms with van der Waals surface area (Å²) in [5.41, 5.74) is 3.76. The van der Waals surface area contributed by atoms with Crippen molar-refractivity contribution in [3.63, 3.8) is 0 Å². The fraction of sp³-hybridized carbons (Fsp3) is 0.150. The number of hydrogen-bond acceptors (Lipinski definition) is 6. The van der Waals surface area contributed by atoms with Crippen molar-refractivity contribution in [3.8, 4) is 6.07 Å². The number of rotatable bonds is 4. The third kappa shape index (κ3) is 3.48. The number of carbonyl (C=O) groups excluding carboxylic acids is 1. The second kappa shape index (κ2) is 7.21. The van der Waals surface area contributed by atoms with E-state index in [1.54, 1.807) is 35.3 Å². The Labute approximate surface area is 165 Å². The molecule has 3 heterocycles. The van der Waals surface area contributed by atoms with Crippen LogP contribution in [-0.4, -0.2) is 25.7 Å². The molecule has 8 heteroatoms. The van der Waals surface area contributed by atoms with E-state index in [9.17, 15) is 4.79 Å². The summed E-state index contributed by atoms with van der Waals surface area (Å²) in [7, 11) is 1.83. The molecule has 1 aromatic carbocycles. The fourth-order valence-corrected chi connectivity index (χ4v) is 3.79. The van der Waals surface area contributed by atoms with Crippen molar-refractivity contribution in [3.05, 3.63) is 70.0 Å². The third-order valence-corrected chi connectivity index (χ3v) is 5.27. The van der Waals surface area contributed by atoms with Crippen LogP contribution in [-0.2, 0) is 13.5 Å². The number of amides is 1. The maximum Gasteiger partial charge on any atom is 0.259 e. The molecular weight excluding hydrogens is 372 g/mol. The first-order valence-electron chi connectivity index (χ1n) is 8.58. The van der Waals surface area contributed by atoms with Gasteiger partial charge in [-0.2, -0.15) is 10.4 Å². The monoisotopic (exact) mass is 388 g/mol. The summed E-state index contributed by atoms with van der Waals surface area (Å²) in [4.78, 5) is 22.2. The molecular formula is C20H16N6OS. The van der Waals surface area contributed by atoms with Crippen molar-refractivity contribution in [2.75, 3.05) is 5.32 Å². The molecule has 4 aromatic rings. The van der Waals surface area contributed by atoms with Gasteiger partial charge in [-0.3, -0.25) is 14.8 Å². The summed E-state index contributed by atoms with van der Waals surface area (Å²) in [5.74, 6) is -0.253. The molecule has 4 rings (SSSR count). The largest absolute Gasteiger partial charge is 0.298 e. The molecule has 138 valence electrons. The van der Waals surface area contributed by atoms with Crippen LogP contribution < -0.4 is 5.32 Å². The van der Waals surface area contributed by atoms with E-state index in [-0.39, 0.29) is 5.91 Å². The Bertz CT molecular complexity index is 1220. The van der Waals surface area contributed by atoms with Crippen LogP contribution >= 0.6 is 11.3 Å². The van der Waals surface area contributed by atoms with Crippen LogP contribution in [0.5, 0.6) is 0 Å². The molecule has 0 aliphatic heterocycles. The standard InChI is InChI=1S/C20H16N6OS/c1-12-17-8-15(10-22-18(17)26(2)25-12)19(27)24-20-23-11-16(28-20)7-13-3-5-14(9-21)6-4-13/h3-6,8,10-11H,7H2,1-2H3,(H,23,24,27). The summed E-state index contributed by atoms with van der Waals surface area (Å²) < 4.78 is 1.70. The number of nitriles is 1. The average Bonchev–Trinajstić information content (AvgIpc) is 3.26. The number of aromatic nitrogens is 4. The Morgan fingerprint density at radius 1 is 1.25 bits per heavy atom. The number of thiazole rings is 1. The maximum absolute atomic E-state index is 12.6. The Morgan fingerprint density at radius 3 is 2.79 bits per heavy atom. The zero-order valence-corrected chi connectivity index (χ0v) is 16.1. The van der Waals surface area contributed by atoms with Gasteiger partial charge in [0, 0.05) is 36.1 Å². The SMILES string of the molecule is Cc1nn(C)c2ncc(C(=O)Nc3ncc(Cc4ccc(C#N)cc4)s3)cc12. The van der Waals surface area contributed by atoms with Crippen LogP contribution in [0.1, 0.15) is 32.1 Å². The smallest absolute Gasteiger partial charge is 0.259 e. The minimum atomic E-state index is -0.253. The molecule has 3 aromatic heterocycles. The van der Waals surface area contributed by atoms with E-state index in [0.29, 0.717) is 22.7 Å². The molecule has 0 atom stereocenters. The minimum Gasteiger partial charge on any atom is -0.298 e. The van der Waals surface area contributed by atoms with Gasteiger partial charge in [0.1, 0.15) is 0 Å². The van der Waals surface area contributed by atoms with Gasteiger partial charge in [0.2, 0.25) is 0 Å². The van der Waals surface area contributed by atoms with Gasteiger partial charge in [0.25, 0.3) is 5.91 Å². The molecule has 0 aliphatic carbocycles. The van der Waals surface area contributed by atoms with Crippen LogP contribution in [0, 0.1) is 18.3 Å². The molecule has 1 amide bonds. The lowest BCUT2D eigenvalue weighted by Gasteiger charge is -2.02. The van der Waals surface area contributed by atoms with Crippen molar-refractivity contribution in [2.24, 2.45) is 7.05 Å². The molecule has 0 fully saturated rings. The number of pyridine rings is 1. The Morgan fingerprint density at radius 2 is 2.04 bits per heavy atom. The Hall–Kier alpha value is -3.57.